The third-order valence-electron chi connectivity index (χ3n) is 1.56. The van der Waals surface area contributed by atoms with Gasteiger partial charge in [0.15, 0.2) is 0 Å². The minimum Gasteiger partial charge on any atom is -0.252 e. The van der Waals surface area contributed by atoms with E-state index in [9.17, 15) is 0 Å². The first-order valence-corrected chi connectivity index (χ1v) is 3.82. The van der Waals surface area contributed by atoms with Crippen LogP contribution in [0.4, 0.5) is 0 Å². The standard InChI is InChI=1S/C10H12O2/c1-9-4-6-10(7-5-9)3-2-8-12-11/h2-7,11H,8H2,1H3/b3-2+. The predicted octanol–water partition coefficient (Wildman–Crippen LogP) is 2.50. The molecule has 0 unspecified atom stereocenters. The molecule has 1 rings (SSSR count). The maximum atomic E-state index is 8.04. The molecular weight excluding hydrogens is 152 g/mol. The molecule has 0 amide bonds. The molecule has 1 aromatic carbocycles. The van der Waals surface area contributed by atoms with Gasteiger partial charge in [-0.2, -0.15) is 0 Å². The van der Waals surface area contributed by atoms with Gasteiger partial charge in [0.25, 0.3) is 0 Å². The summed E-state index contributed by atoms with van der Waals surface area (Å²) in [5, 5.41) is 8.04. The van der Waals surface area contributed by atoms with Crippen LogP contribution in [-0.2, 0) is 4.89 Å². The van der Waals surface area contributed by atoms with Gasteiger partial charge in [-0.25, -0.2) is 4.89 Å². The second-order valence-electron chi connectivity index (χ2n) is 2.61. The summed E-state index contributed by atoms with van der Waals surface area (Å²) in [6.45, 7) is 2.28. The first kappa shape index (κ1) is 8.97. The average molecular weight is 164 g/mol. The van der Waals surface area contributed by atoms with Crippen LogP contribution >= 0.6 is 0 Å². The first-order valence-electron chi connectivity index (χ1n) is 3.82. The average Bonchev–Trinajstić information content (AvgIpc) is 2.09. The molecule has 0 fully saturated rings. The normalized spacial score (nSPS) is 10.8. The van der Waals surface area contributed by atoms with Gasteiger partial charge in [0.2, 0.25) is 0 Å². The topological polar surface area (TPSA) is 29.5 Å². The maximum absolute atomic E-state index is 8.04. The fourth-order valence-corrected chi connectivity index (χ4v) is 0.905. The Morgan fingerprint density at radius 2 is 2.00 bits per heavy atom. The van der Waals surface area contributed by atoms with E-state index in [2.05, 4.69) is 4.89 Å². The van der Waals surface area contributed by atoms with Crippen molar-refractivity contribution in [1.29, 1.82) is 0 Å². The highest BCUT2D eigenvalue weighted by molar-refractivity contribution is 5.49. The molecule has 0 aliphatic rings. The molecule has 1 aromatic rings. The molecule has 2 heteroatoms. The summed E-state index contributed by atoms with van der Waals surface area (Å²) < 4.78 is 0. The van der Waals surface area contributed by atoms with E-state index in [1.165, 1.54) is 5.56 Å². The van der Waals surface area contributed by atoms with Gasteiger partial charge in [-0.1, -0.05) is 42.0 Å². The van der Waals surface area contributed by atoms with E-state index in [-0.39, 0.29) is 6.61 Å². The summed E-state index contributed by atoms with van der Waals surface area (Å²) in [6.07, 6.45) is 3.65. The lowest BCUT2D eigenvalue weighted by atomic mass is 10.1. The van der Waals surface area contributed by atoms with Crippen molar-refractivity contribution in [1.82, 2.24) is 0 Å². The van der Waals surface area contributed by atoms with Crippen molar-refractivity contribution in [3.05, 3.63) is 41.5 Å². The van der Waals surface area contributed by atoms with Crippen LogP contribution in [0.25, 0.3) is 6.08 Å². The minimum absolute atomic E-state index is 0.230. The quantitative estimate of drug-likeness (QED) is 0.549. The molecule has 0 aliphatic heterocycles. The maximum Gasteiger partial charge on any atom is 0.100 e. The molecule has 0 bridgehead atoms. The predicted molar refractivity (Wildman–Crippen MR) is 48.8 cm³/mol. The molecule has 0 aliphatic carbocycles. The Hall–Kier alpha value is -1.12. The largest absolute Gasteiger partial charge is 0.252 e. The van der Waals surface area contributed by atoms with Gasteiger partial charge >= 0.3 is 0 Å². The van der Waals surface area contributed by atoms with E-state index in [0.29, 0.717) is 0 Å². The lowest BCUT2D eigenvalue weighted by molar-refractivity contribution is -0.231. The van der Waals surface area contributed by atoms with Crippen LogP contribution in [0, 0.1) is 6.92 Å². The van der Waals surface area contributed by atoms with Crippen molar-refractivity contribution < 1.29 is 10.1 Å². The summed E-state index contributed by atoms with van der Waals surface area (Å²) in [5.41, 5.74) is 2.35. The molecule has 1 N–H and O–H groups in total. The fraction of sp³-hybridized carbons (Fsp3) is 0.200. The van der Waals surface area contributed by atoms with Crippen LogP contribution in [0.15, 0.2) is 30.3 Å². The van der Waals surface area contributed by atoms with Crippen LogP contribution in [0.3, 0.4) is 0 Å². The van der Waals surface area contributed by atoms with Gasteiger partial charge in [-0.15, -0.1) is 0 Å². The Balaban J connectivity index is 2.58. The van der Waals surface area contributed by atoms with E-state index < -0.39 is 0 Å². The number of hydrogen-bond acceptors (Lipinski definition) is 2. The number of aryl methyl sites for hydroxylation is 1. The van der Waals surface area contributed by atoms with Crippen LogP contribution in [0.5, 0.6) is 0 Å². The van der Waals surface area contributed by atoms with Crippen LogP contribution in [0.1, 0.15) is 11.1 Å². The molecule has 0 heterocycles. The van der Waals surface area contributed by atoms with Crippen molar-refractivity contribution in [3.8, 4) is 0 Å². The zero-order valence-corrected chi connectivity index (χ0v) is 7.03. The number of hydrogen-bond donors (Lipinski definition) is 1. The minimum atomic E-state index is 0.230. The zero-order chi connectivity index (χ0) is 8.81. The highest BCUT2D eigenvalue weighted by Gasteiger charge is 1.85. The molecular formula is C10H12O2. The van der Waals surface area contributed by atoms with Gasteiger partial charge in [-0.3, -0.25) is 5.26 Å². The summed E-state index contributed by atoms with van der Waals surface area (Å²) >= 11 is 0. The van der Waals surface area contributed by atoms with E-state index in [0.717, 1.165) is 5.56 Å². The molecule has 0 aromatic heterocycles. The smallest absolute Gasteiger partial charge is 0.100 e. The highest BCUT2D eigenvalue weighted by atomic mass is 17.1. The number of rotatable bonds is 3. The molecule has 2 nitrogen and oxygen atoms in total. The van der Waals surface area contributed by atoms with Gasteiger partial charge in [0, 0.05) is 0 Å². The monoisotopic (exact) mass is 164 g/mol. The van der Waals surface area contributed by atoms with Crippen LogP contribution < -0.4 is 0 Å². The van der Waals surface area contributed by atoms with Gasteiger partial charge in [0.05, 0.1) is 0 Å². The summed E-state index contributed by atoms with van der Waals surface area (Å²) in [6, 6.07) is 8.12. The lowest BCUT2D eigenvalue weighted by Crippen LogP contribution is -1.81. The Labute approximate surface area is 72.0 Å². The second-order valence-corrected chi connectivity index (χ2v) is 2.61. The van der Waals surface area contributed by atoms with E-state index >= 15 is 0 Å². The van der Waals surface area contributed by atoms with Crippen LogP contribution in [0.2, 0.25) is 0 Å². The molecule has 0 atom stereocenters. The Bertz CT molecular complexity index is 249. The van der Waals surface area contributed by atoms with Gasteiger partial charge in [0.1, 0.15) is 6.61 Å². The number of benzene rings is 1. The van der Waals surface area contributed by atoms with Gasteiger partial charge < -0.3 is 0 Å². The van der Waals surface area contributed by atoms with Crippen molar-refractivity contribution in [2.45, 2.75) is 6.92 Å². The molecule has 0 radical (unpaired) electrons. The van der Waals surface area contributed by atoms with E-state index in [1.54, 1.807) is 6.08 Å². The molecule has 12 heavy (non-hydrogen) atoms. The fourth-order valence-electron chi connectivity index (χ4n) is 0.905. The third kappa shape index (κ3) is 2.86. The van der Waals surface area contributed by atoms with Crippen molar-refractivity contribution >= 4 is 6.08 Å². The van der Waals surface area contributed by atoms with E-state index in [1.807, 2.05) is 37.3 Å². The Kier molecular flexibility index (Phi) is 3.51. The first-order chi connectivity index (χ1) is 5.83. The third-order valence-corrected chi connectivity index (χ3v) is 1.56. The Morgan fingerprint density at radius 3 is 2.58 bits per heavy atom. The van der Waals surface area contributed by atoms with E-state index in [4.69, 9.17) is 5.26 Å². The SMILES string of the molecule is Cc1ccc(/C=C/COO)cc1. The highest BCUT2D eigenvalue weighted by Crippen LogP contribution is 2.04. The molecule has 0 saturated heterocycles. The summed E-state index contributed by atoms with van der Waals surface area (Å²) in [4.78, 5) is 3.90. The van der Waals surface area contributed by atoms with Crippen molar-refractivity contribution in [2.75, 3.05) is 6.61 Å². The van der Waals surface area contributed by atoms with Crippen molar-refractivity contribution in [2.24, 2.45) is 0 Å². The van der Waals surface area contributed by atoms with Gasteiger partial charge in [-0.05, 0) is 12.5 Å². The molecule has 0 saturated carbocycles. The van der Waals surface area contributed by atoms with Crippen molar-refractivity contribution in [3.63, 3.8) is 0 Å². The molecule has 0 spiro atoms. The summed E-state index contributed by atoms with van der Waals surface area (Å²) in [7, 11) is 0. The Morgan fingerprint density at radius 1 is 1.33 bits per heavy atom. The second kappa shape index (κ2) is 4.70. The lowest BCUT2D eigenvalue weighted by Gasteiger charge is -1.93. The van der Waals surface area contributed by atoms with Crippen LogP contribution in [-0.4, -0.2) is 11.9 Å². The molecule has 64 valence electrons. The summed E-state index contributed by atoms with van der Waals surface area (Å²) in [5.74, 6) is 0. The zero-order valence-electron chi connectivity index (χ0n) is 7.03.